The molecule has 196 valence electrons. The van der Waals surface area contributed by atoms with Gasteiger partial charge in [0.15, 0.2) is 0 Å². The van der Waals surface area contributed by atoms with E-state index in [1.165, 1.54) is 0 Å². The summed E-state index contributed by atoms with van der Waals surface area (Å²) in [7, 11) is 0. The summed E-state index contributed by atoms with van der Waals surface area (Å²) in [5.74, 6) is -0.432. The molecule has 9 nitrogen and oxygen atoms in total. The van der Waals surface area contributed by atoms with Crippen LogP contribution in [0.15, 0.2) is 11.6 Å². The monoisotopic (exact) mass is 494 g/mol. The quantitative estimate of drug-likeness (QED) is 0.197. The van der Waals surface area contributed by atoms with E-state index in [0.29, 0.717) is 18.8 Å². The molecule has 0 aromatic rings. The minimum Gasteiger partial charge on any atom is -0.432 e. The van der Waals surface area contributed by atoms with Crippen molar-refractivity contribution in [2.24, 2.45) is 45.8 Å². The van der Waals surface area contributed by atoms with Crippen molar-refractivity contribution in [1.82, 2.24) is 0 Å². The number of allylic oxidation sites excluding steroid dienone is 1. The zero-order chi connectivity index (χ0) is 25.5. The number of esters is 1. The van der Waals surface area contributed by atoms with Crippen LogP contribution in [-0.4, -0.2) is 81.7 Å². The molecule has 35 heavy (non-hydrogen) atoms. The largest absolute Gasteiger partial charge is 0.432 e. The van der Waals surface area contributed by atoms with E-state index in [1.54, 1.807) is 0 Å². The fourth-order valence-corrected chi connectivity index (χ4v) is 8.99. The molecule has 4 aliphatic carbocycles. The van der Waals surface area contributed by atoms with Gasteiger partial charge in [-0.1, -0.05) is 38.8 Å². The van der Waals surface area contributed by atoms with Gasteiger partial charge in [-0.05, 0) is 48.9 Å². The molecule has 0 radical (unpaired) electrons. The molecular weight excluding hydrogens is 456 g/mol. The van der Waals surface area contributed by atoms with Crippen LogP contribution in [0.4, 0.5) is 0 Å². The number of carbonyl (C=O) groups is 2. The molecular formula is C26H38O9. The minimum absolute atomic E-state index is 0.0236. The fraction of sp³-hybridized carbons (Fsp3) is 0.846. The van der Waals surface area contributed by atoms with Gasteiger partial charge < -0.3 is 39.8 Å². The Hall–Kier alpha value is -1.36. The Morgan fingerprint density at radius 2 is 1.89 bits per heavy atom. The van der Waals surface area contributed by atoms with Crippen LogP contribution in [0.2, 0.25) is 0 Å². The van der Waals surface area contributed by atoms with Crippen molar-refractivity contribution in [3.05, 3.63) is 11.6 Å². The van der Waals surface area contributed by atoms with Crippen molar-refractivity contribution in [2.75, 3.05) is 13.2 Å². The Bertz CT molecular complexity index is 916. The third-order valence-electron chi connectivity index (χ3n) is 10.5. The summed E-state index contributed by atoms with van der Waals surface area (Å²) >= 11 is 0. The first-order chi connectivity index (χ1) is 16.6. The van der Waals surface area contributed by atoms with Crippen LogP contribution in [0.1, 0.15) is 46.5 Å². The van der Waals surface area contributed by atoms with Gasteiger partial charge in [0.25, 0.3) is 0 Å². The lowest BCUT2D eigenvalue weighted by atomic mass is 9.43. The van der Waals surface area contributed by atoms with Crippen LogP contribution in [0.5, 0.6) is 0 Å². The summed E-state index contributed by atoms with van der Waals surface area (Å²) < 4.78 is 11.3. The molecule has 5 rings (SSSR count). The van der Waals surface area contributed by atoms with E-state index in [9.17, 15) is 35.1 Å². The molecule has 5 N–H and O–H groups in total. The second-order valence-electron chi connectivity index (χ2n) is 11.9. The van der Waals surface area contributed by atoms with E-state index in [4.69, 9.17) is 9.47 Å². The zero-order valence-corrected chi connectivity index (χ0v) is 20.5. The summed E-state index contributed by atoms with van der Waals surface area (Å²) in [5.41, 5.74) is -2.59. The number of rotatable bonds is 6. The van der Waals surface area contributed by atoms with E-state index in [2.05, 4.69) is 13.0 Å². The van der Waals surface area contributed by atoms with Gasteiger partial charge in [-0.15, -0.1) is 0 Å². The highest BCUT2D eigenvalue weighted by molar-refractivity contribution is 5.91. The summed E-state index contributed by atoms with van der Waals surface area (Å²) in [6, 6.07) is 0. The van der Waals surface area contributed by atoms with Crippen molar-refractivity contribution in [2.45, 2.75) is 77.2 Å². The van der Waals surface area contributed by atoms with Gasteiger partial charge in [0.05, 0.1) is 18.6 Å². The lowest BCUT2D eigenvalue weighted by Gasteiger charge is -2.58. The van der Waals surface area contributed by atoms with Gasteiger partial charge in [-0.3, -0.25) is 4.79 Å². The van der Waals surface area contributed by atoms with Crippen molar-refractivity contribution in [1.29, 1.82) is 0 Å². The van der Waals surface area contributed by atoms with Crippen LogP contribution in [0.25, 0.3) is 0 Å². The molecule has 12 atom stereocenters. The van der Waals surface area contributed by atoms with Crippen LogP contribution in [0.3, 0.4) is 0 Å². The maximum absolute atomic E-state index is 14.4. The minimum atomic E-state index is -1.74. The maximum atomic E-state index is 14.4. The zero-order valence-electron chi connectivity index (χ0n) is 20.5. The topological polar surface area (TPSA) is 154 Å². The predicted octanol–water partition coefficient (Wildman–Crippen LogP) is 0.162. The summed E-state index contributed by atoms with van der Waals surface area (Å²) in [6.07, 6.45) is -2.04. The third-order valence-corrected chi connectivity index (χ3v) is 10.5. The lowest BCUT2D eigenvalue weighted by molar-refractivity contribution is -0.299. The highest BCUT2D eigenvalue weighted by Gasteiger charge is 2.84. The molecule has 0 amide bonds. The number of aliphatic hydroxyl groups excluding tert-OH is 5. The third kappa shape index (κ3) is 2.85. The standard InChI is InChI=1S/C26H38O9/c1-12(2)17-6-14-7-25(11-29)16-5-4-13(3)15(16)8-24(14,10-28)26(17,25)23(33)35-22-21(32)20(31)19(30)18(9-27)34-22/h6,11-16,18-22,27-28,30-32H,4-5,7-10H2,1-3H3/t13-,14+,15-,16-,18-,19-,20+,21-,22+,24+,25+,26-/m1/s1. The Morgan fingerprint density at radius 1 is 1.17 bits per heavy atom. The molecule has 1 aliphatic heterocycles. The molecule has 1 heterocycles. The molecule has 9 heteroatoms. The van der Waals surface area contributed by atoms with Crippen LogP contribution < -0.4 is 0 Å². The summed E-state index contributed by atoms with van der Waals surface area (Å²) in [4.78, 5) is 27.6. The number of ether oxygens (including phenoxy) is 2. The molecule has 0 unspecified atom stereocenters. The van der Waals surface area contributed by atoms with Gasteiger partial charge in [0.2, 0.25) is 6.29 Å². The number of hydrogen-bond acceptors (Lipinski definition) is 9. The molecule has 1 saturated heterocycles. The van der Waals surface area contributed by atoms with E-state index in [0.717, 1.165) is 24.7 Å². The Balaban J connectivity index is 1.62. The first kappa shape index (κ1) is 25.3. The maximum Gasteiger partial charge on any atom is 0.320 e. The van der Waals surface area contributed by atoms with Crippen molar-refractivity contribution >= 4 is 12.3 Å². The smallest absolute Gasteiger partial charge is 0.320 e. The normalized spacial score (nSPS) is 52.4. The Labute approximate surface area is 205 Å². The molecule has 0 spiro atoms. The number of carbonyl (C=O) groups excluding carboxylic acids is 2. The second-order valence-corrected chi connectivity index (χ2v) is 11.9. The molecule has 3 saturated carbocycles. The van der Waals surface area contributed by atoms with Crippen molar-refractivity contribution in [3.63, 3.8) is 0 Å². The van der Waals surface area contributed by atoms with Crippen molar-refractivity contribution < 1.29 is 44.6 Å². The van der Waals surface area contributed by atoms with Gasteiger partial charge in [0, 0.05) is 5.41 Å². The molecule has 0 aromatic carbocycles. The van der Waals surface area contributed by atoms with Gasteiger partial charge in [-0.25, -0.2) is 0 Å². The first-order valence-electron chi connectivity index (χ1n) is 12.9. The van der Waals surface area contributed by atoms with Crippen LogP contribution in [0, 0.1) is 45.8 Å². The molecule has 4 fully saturated rings. The van der Waals surface area contributed by atoms with Gasteiger partial charge >= 0.3 is 5.97 Å². The average molecular weight is 495 g/mol. The highest BCUT2D eigenvalue weighted by atomic mass is 16.7. The predicted molar refractivity (Wildman–Crippen MR) is 121 cm³/mol. The second kappa shape index (κ2) is 8.33. The fourth-order valence-electron chi connectivity index (χ4n) is 8.99. The molecule has 4 bridgehead atoms. The van der Waals surface area contributed by atoms with Gasteiger partial charge in [-0.2, -0.15) is 0 Å². The Morgan fingerprint density at radius 3 is 2.49 bits per heavy atom. The van der Waals surface area contributed by atoms with Crippen molar-refractivity contribution in [3.8, 4) is 0 Å². The molecule has 0 aromatic heterocycles. The number of hydrogen-bond donors (Lipinski definition) is 5. The number of aldehydes is 1. The summed E-state index contributed by atoms with van der Waals surface area (Å²) in [5, 5.41) is 51.4. The van der Waals surface area contributed by atoms with E-state index in [-0.39, 0.29) is 30.3 Å². The lowest BCUT2D eigenvalue weighted by Crippen LogP contribution is -2.65. The van der Waals surface area contributed by atoms with E-state index in [1.807, 2.05) is 13.8 Å². The van der Waals surface area contributed by atoms with Crippen LogP contribution >= 0.6 is 0 Å². The van der Waals surface area contributed by atoms with Gasteiger partial charge in [0.1, 0.15) is 36.1 Å². The van der Waals surface area contributed by atoms with E-state index < -0.39 is 59.5 Å². The summed E-state index contributed by atoms with van der Waals surface area (Å²) in [6.45, 7) is 5.17. The highest BCUT2D eigenvalue weighted by Crippen LogP contribution is 2.82. The molecule has 5 aliphatic rings. The number of aliphatic hydroxyl groups is 5. The number of fused-ring (bicyclic) bond motifs is 2. The van der Waals surface area contributed by atoms with E-state index >= 15 is 0 Å². The van der Waals surface area contributed by atoms with Crippen LogP contribution in [-0.2, 0) is 19.1 Å². The average Bonchev–Trinajstić information content (AvgIpc) is 3.41. The SMILES string of the molecule is CC(C)C1=C[C@H]2C[C@]3(C=O)[C@@H]4CC[C@@H](C)[C@H]4C[C@@]2(CO)[C@]13C(=O)O[C@@H]1O[C@H](CO)[C@@H](O)[C@H](O)[C@H]1O. The Kier molecular flexibility index (Phi) is 6.02. The first-order valence-corrected chi connectivity index (χ1v) is 12.9.